The number of piperidine rings is 2. The van der Waals surface area contributed by atoms with Gasteiger partial charge in [-0.3, -0.25) is 24.0 Å². The first-order valence-electron chi connectivity index (χ1n) is 13.7. The summed E-state index contributed by atoms with van der Waals surface area (Å²) in [6.07, 6.45) is -2.14. The van der Waals surface area contributed by atoms with Crippen molar-refractivity contribution < 1.29 is 29.3 Å². The Morgan fingerprint density at radius 1 is 1.19 bits per heavy atom. The van der Waals surface area contributed by atoms with Crippen molar-refractivity contribution in [2.75, 3.05) is 19.6 Å². The lowest BCUT2D eigenvalue weighted by Gasteiger charge is -2.33. The molecule has 2 aliphatic rings. The first kappa shape index (κ1) is 20.6. The smallest absolute Gasteiger partial charge is 0.410 e. The minimum Gasteiger partial charge on any atom is -0.444 e. The van der Waals surface area contributed by atoms with Crippen LogP contribution in [0.5, 0.6) is 0 Å². The van der Waals surface area contributed by atoms with Gasteiger partial charge in [0.1, 0.15) is 18.2 Å². The summed E-state index contributed by atoms with van der Waals surface area (Å²) < 4.78 is 47.0. The van der Waals surface area contributed by atoms with E-state index in [0.717, 1.165) is 0 Å². The molecule has 0 saturated carbocycles. The van der Waals surface area contributed by atoms with Gasteiger partial charge in [-0.15, -0.1) is 0 Å². The van der Waals surface area contributed by atoms with Gasteiger partial charge >= 0.3 is 11.8 Å². The number of rotatable bonds is 3. The van der Waals surface area contributed by atoms with E-state index in [4.69, 9.17) is 15.0 Å². The van der Waals surface area contributed by atoms with Gasteiger partial charge in [-0.1, -0.05) is 17.9 Å². The van der Waals surface area contributed by atoms with Crippen LogP contribution in [0.3, 0.4) is 0 Å². The molecule has 4 rings (SSSR count). The molecule has 3 heterocycles. The monoisotopic (exact) mass is 500 g/mol. The topological polar surface area (TPSA) is 112 Å². The van der Waals surface area contributed by atoms with Crippen molar-refractivity contribution in [3.05, 3.63) is 34.2 Å². The number of fused-ring (bicyclic) bond motifs is 1. The number of para-hydroxylation sites is 1. The Hall–Kier alpha value is -3.58. The summed E-state index contributed by atoms with van der Waals surface area (Å²) in [5, 5.41) is 2.27. The van der Waals surface area contributed by atoms with E-state index in [1.807, 2.05) is 0 Å². The maximum atomic E-state index is 13.1. The van der Waals surface area contributed by atoms with E-state index in [9.17, 15) is 19.2 Å². The van der Waals surface area contributed by atoms with E-state index in [0.29, 0.717) is 21.5 Å². The first-order valence-corrected chi connectivity index (χ1v) is 11.7. The maximum absolute atomic E-state index is 13.1. The molecule has 1 aromatic heterocycles. The van der Waals surface area contributed by atoms with Crippen molar-refractivity contribution in [3.63, 3.8) is 0 Å². The number of imidazole rings is 1. The van der Waals surface area contributed by atoms with Crippen LogP contribution in [0.4, 0.5) is 4.79 Å². The van der Waals surface area contributed by atoms with Crippen molar-refractivity contribution in [2.45, 2.75) is 64.2 Å². The van der Waals surface area contributed by atoms with E-state index in [1.165, 1.54) is 9.13 Å². The predicted molar refractivity (Wildman–Crippen MR) is 132 cm³/mol. The fourth-order valence-electron chi connectivity index (χ4n) is 4.13. The summed E-state index contributed by atoms with van der Waals surface area (Å²) in [4.78, 5) is 50.1. The van der Waals surface area contributed by atoms with Gasteiger partial charge in [0.05, 0.1) is 22.7 Å². The standard InChI is InChI=1S/C26H32N4O6/c1-26(2,3)36-25(34)29-14-12-18(13-15-29)35-16-6-8-17-7-5-9-19-22(17)28(4)24(33)30(19)20-10-11-21(31)27-23(20)32/h5,7,9,18,20H,10-16H2,1-4H3,(H,27,31,32)/i14D2,15D2. The third kappa shape index (κ3) is 5.46. The largest absolute Gasteiger partial charge is 0.444 e. The molecule has 2 saturated heterocycles. The van der Waals surface area contributed by atoms with Crippen molar-refractivity contribution >= 4 is 28.9 Å². The minimum absolute atomic E-state index is 0.128. The zero-order valence-electron chi connectivity index (χ0n) is 24.7. The third-order valence-electron chi connectivity index (χ3n) is 5.77. The minimum atomic E-state index is -2.36. The van der Waals surface area contributed by atoms with E-state index in [2.05, 4.69) is 17.2 Å². The lowest BCUT2D eigenvalue weighted by atomic mass is 10.1. The van der Waals surface area contributed by atoms with Crippen LogP contribution in [0, 0.1) is 11.8 Å². The van der Waals surface area contributed by atoms with Crippen LogP contribution in [-0.2, 0) is 26.1 Å². The molecular formula is C26H32N4O6. The van der Waals surface area contributed by atoms with Gasteiger partial charge < -0.3 is 14.4 Å². The fraction of sp³-hybridized carbons (Fsp3) is 0.538. The van der Waals surface area contributed by atoms with Gasteiger partial charge in [-0.25, -0.2) is 9.59 Å². The highest BCUT2D eigenvalue weighted by Crippen LogP contribution is 2.24. The average molecular weight is 501 g/mol. The highest BCUT2D eigenvalue weighted by molar-refractivity contribution is 6.00. The number of aryl methyl sites for hydroxylation is 1. The van der Waals surface area contributed by atoms with Gasteiger partial charge in [0.15, 0.2) is 0 Å². The number of hydrogen-bond acceptors (Lipinski definition) is 6. The SMILES string of the molecule is [2H]C1([2H])CC(OCC#Cc2cccc3c2n(C)c(=O)n3C2CCC(=O)NC2=O)CC([2H])([2H])N1C(=O)OC(C)(C)C. The highest BCUT2D eigenvalue weighted by Gasteiger charge is 2.31. The van der Waals surface area contributed by atoms with Crippen LogP contribution in [0.15, 0.2) is 23.0 Å². The number of likely N-dealkylation sites (tertiary alicyclic amines) is 1. The summed E-state index contributed by atoms with van der Waals surface area (Å²) in [6, 6.07) is 4.28. The van der Waals surface area contributed by atoms with Crippen molar-refractivity contribution in [2.24, 2.45) is 7.05 Å². The van der Waals surface area contributed by atoms with E-state index >= 15 is 0 Å². The number of nitrogens with one attached hydrogen (secondary N) is 1. The molecule has 10 heteroatoms. The van der Waals surface area contributed by atoms with E-state index in [1.54, 1.807) is 46.0 Å². The molecule has 2 aromatic rings. The zero-order valence-corrected chi connectivity index (χ0v) is 20.7. The second-order valence-corrected chi connectivity index (χ2v) is 9.63. The molecule has 2 aliphatic heterocycles. The number of aromatic nitrogens is 2. The van der Waals surface area contributed by atoms with Gasteiger partial charge in [0.2, 0.25) is 11.8 Å². The molecule has 1 atom stereocenters. The molecule has 3 amide bonds. The molecule has 1 unspecified atom stereocenters. The van der Waals surface area contributed by atoms with Gasteiger partial charge in [0.25, 0.3) is 0 Å². The summed E-state index contributed by atoms with van der Waals surface area (Å²) in [5.74, 6) is 4.88. The van der Waals surface area contributed by atoms with Gasteiger partial charge in [0, 0.05) is 31.9 Å². The Morgan fingerprint density at radius 3 is 2.58 bits per heavy atom. The Bertz CT molecular complexity index is 1460. The number of imide groups is 1. The number of benzene rings is 1. The molecule has 0 radical (unpaired) electrons. The average Bonchev–Trinajstić information content (AvgIpc) is 3.04. The van der Waals surface area contributed by atoms with Crippen molar-refractivity contribution in [1.29, 1.82) is 0 Å². The summed E-state index contributed by atoms with van der Waals surface area (Å²) in [5.41, 5.74) is 0.156. The normalized spacial score (nSPS) is 23.6. The second kappa shape index (κ2) is 10.2. The molecule has 0 spiro atoms. The quantitative estimate of drug-likeness (QED) is 0.510. The van der Waals surface area contributed by atoms with E-state index < -0.39 is 48.4 Å². The summed E-state index contributed by atoms with van der Waals surface area (Å²) in [7, 11) is 1.57. The van der Waals surface area contributed by atoms with Crippen LogP contribution < -0.4 is 11.0 Å². The van der Waals surface area contributed by atoms with E-state index in [-0.39, 0.29) is 38.2 Å². The Labute approximate surface area is 215 Å². The van der Waals surface area contributed by atoms with Crippen molar-refractivity contribution in [1.82, 2.24) is 19.4 Å². The molecule has 0 bridgehead atoms. The molecule has 1 N–H and O–H groups in total. The van der Waals surface area contributed by atoms with Gasteiger partial charge in [-0.05, 0) is 52.2 Å². The molecule has 0 aliphatic carbocycles. The van der Waals surface area contributed by atoms with Crippen LogP contribution in [-0.4, -0.2) is 63.2 Å². The molecule has 10 nitrogen and oxygen atoms in total. The highest BCUT2D eigenvalue weighted by atomic mass is 16.6. The van der Waals surface area contributed by atoms with Crippen LogP contribution in [0.25, 0.3) is 11.0 Å². The molecule has 1 aromatic carbocycles. The Morgan fingerprint density at radius 2 is 1.92 bits per heavy atom. The maximum Gasteiger partial charge on any atom is 0.410 e. The third-order valence-corrected chi connectivity index (χ3v) is 5.77. The summed E-state index contributed by atoms with van der Waals surface area (Å²) >= 11 is 0. The Kier molecular flexibility index (Phi) is 5.83. The lowest BCUT2D eigenvalue weighted by molar-refractivity contribution is -0.135. The lowest BCUT2D eigenvalue weighted by Crippen LogP contribution is -2.44. The zero-order chi connectivity index (χ0) is 29.6. The second-order valence-electron chi connectivity index (χ2n) is 9.63. The number of carbonyl (C=O) groups excluding carboxylic acids is 3. The molecular weight excluding hydrogens is 464 g/mol. The number of carbonyl (C=O) groups is 3. The molecule has 192 valence electrons. The van der Waals surface area contributed by atoms with Crippen LogP contribution in [0.1, 0.15) is 63.5 Å². The van der Waals surface area contributed by atoms with Crippen molar-refractivity contribution in [3.8, 4) is 11.8 Å². The molecule has 36 heavy (non-hydrogen) atoms. The van der Waals surface area contributed by atoms with Crippen LogP contribution >= 0.6 is 0 Å². The first-order chi connectivity index (χ1) is 18.5. The predicted octanol–water partition coefficient (Wildman–Crippen LogP) is 2.09. The fourth-order valence-corrected chi connectivity index (χ4v) is 4.13. The molecule has 2 fully saturated rings. The van der Waals surface area contributed by atoms with Crippen LogP contribution in [0.2, 0.25) is 0 Å². The number of amides is 3. The van der Waals surface area contributed by atoms with Gasteiger partial charge in [-0.2, -0.15) is 0 Å². The number of nitrogens with zero attached hydrogens (tertiary/aromatic N) is 3. The number of ether oxygens (including phenoxy) is 2. The summed E-state index contributed by atoms with van der Waals surface area (Å²) in [6.45, 7) is -0.0102. The number of hydrogen-bond donors (Lipinski definition) is 1. The Balaban J connectivity index is 1.51.